The summed E-state index contributed by atoms with van der Waals surface area (Å²) in [5.74, 6) is 2.32. The molecule has 2 N–H and O–H groups in total. The Morgan fingerprint density at radius 1 is 1.04 bits per heavy atom. The summed E-state index contributed by atoms with van der Waals surface area (Å²) in [6.07, 6.45) is 1.96. The van der Waals surface area contributed by atoms with Gasteiger partial charge in [0.05, 0.1) is 20.8 Å². The highest BCUT2D eigenvalue weighted by atomic mass is 127. The Bertz CT molecular complexity index is 470. The van der Waals surface area contributed by atoms with Gasteiger partial charge in [0.1, 0.15) is 0 Å². The van der Waals surface area contributed by atoms with Gasteiger partial charge in [-0.3, -0.25) is 4.99 Å². The van der Waals surface area contributed by atoms with E-state index < -0.39 is 0 Å². The number of aliphatic imine (C=N–C) groups is 1. The highest BCUT2D eigenvalue weighted by Gasteiger charge is 2.04. The minimum atomic E-state index is 0. The van der Waals surface area contributed by atoms with Crippen LogP contribution in [0.2, 0.25) is 0 Å². The lowest BCUT2D eigenvalue weighted by atomic mass is 10.1. The van der Waals surface area contributed by atoms with Crippen LogP contribution >= 0.6 is 24.0 Å². The molecule has 1 aromatic rings. The Balaban J connectivity index is 0.00000484. The number of nitrogens with one attached hydrogen (secondary N) is 2. The maximum atomic E-state index is 5.31. The average molecular weight is 437 g/mol. The molecule has 6 nitrogen and oxygen atoms in total. The summed E-state index contributed by atoms with van der Waals surface area (Å²) in [5.41, 5.74) is 1.22. The SMILES string of the molecule is CN=C(NCCCc1ccc(OC)c(OC)c1)NCCOC.I. The van der Waals surface area contributed by atoms with Crippen molar-refractivity contribution in [1.82, 2.24) is 10.6 Å². The molecule has 0 amide bonds. The zero-order chi connectivity index (χ0) is 16.2. The summed E-state index contributed by atoms with van der Waals surface area (Å²) in [6, 6.07) is 6.02. The van der Waals surface area contributed by atoms with Gasteiger partial charge < -0.3 is 24.8 Å². The molecule has 1 rings (SSSR count). The van der Waals surface area contributed by atoms with Crippen LogP contribution in [0.4, 0.5) is 0 Å². The quantitative estimate of drug-likeness (QED) is 0.268. The maximum absolute atomic E-state index is 5.31. The maximum Gasteiger partial charge on any atom is 0.191 e. The van der Waals surface area contributed by atoms with Crippen molar-refractivity contribution in [3.8, 4) is 11.5 Å². The minimum absolute atomic E-state index is 0. The lowest BCUT2D eigenvalue weighted by molar-refractivity contribution is 0.203. The Hall–Kier alpha value is -1.22. The van der Waals surface area contributed by atoms with Crippen LogP contribution in [0.3, 0.4) is 0 Å². The van der Waals surface area contributed by atoms with E-state index in [2.05, 4.69) is 21.7 Å². The highest BCUT2D eigenvalue weighted by molar-refractivity contribution is 14.0. The average Bonchev–Trinajstić information content (AvgIpc) is 2.56. The monoisotopic (exact) mass is 437 g/mol. The van der Waals surface area contributed by atoms with Crippen molar-refractivity contribution in [3.63, 3.8) is 0 Å². The molecule has 0 saturated carbocycles. The number of aryl methyl sites for hydroxylation is 1. The molecule has 0 saturated heterocycles. The van der Waals surface area contributed by atoms with Crippen molar-refractivity contribution in [2.24, 2.45) is 4.99 Å². The molecular weight excluding hydrogens is 409 g/mol. The van der Waals surface area contributed by atoms with Crippen molar-refractivity contribution < 1.29 is 14.2 Å². The van der Waals surface area contributed by atoms with E-state index in [0.29, 0.717) is 6.61 Å². The van der Waals surface area contributed by atoms with Crippen molar-refractivity contribution in [3.05, 3.63) is 23.8 Å². The van der Waals surface area contributed by atoms with Gasteiger partial charge in [-0.05, 0) is 30.5 Å². The number of hydrogen-bond donors (Lipinski definition) is 2. The Morgan fingerprint density at radius 3 is 2.35 bits per heavy atom. The largest absolute Gasteiger partial charge is 0.493 e. The van der Waals surface area contributed by atoms with E-state index in [0.717, 1.165) is 43.4 Å². The zero-order valence-corrected chi connectivity index (χ0v) is 16.7. The molecule has 0 spiro atoms. The molecule has 0 unspecified atom stereocenters. The van der Waals surface area contributed by atoms with Crippen LogP contribution in [0, 0.1) is 0 Å². The third kappa shape index (κ3) is 8.26. The van der Waals surface area contributed by atoms with Crippen LogP contribution in [0.5, 0.6) is 11.5 Å². The van der Waals surface area contributed by atoms with Gasteiger partial charge in [0, 0.05) is 27.2 Å². The van der Waals surface area contributed by atoms with Crippen molar-refractivity contribution in [2.45, 2.75) is 12.8 Å². The van der Waals surface area contributed by atoms with Gasteiger partial charge >= 0.3 is 0 Å². The summed E-state index contributed by atoms with van der Waals surface area (Å²) in [4.78, 5) is 4.16. The van der Waals surface area contributed by atoms with Gasteiger partial charge in [-0.1, -0.05) is 6.07 Å². The molecular formula is C16H28IN3O3. The highest BCUT2D eigenvalue weighted by Crippen LogP contribution is 2.27. The van der Waals surface area contributed by atoms with E-state index in [1.54, 1.807) is 28.4 Å². The number of halogens is 1. The van der Waals surface area contributed by atoms with Crippen LogP contribution in [0.15, 0.2) is 23.2 Å². The van der Waals surface area contributed by atoms with E-state index in [1.807, 2.05) is 12.1 Å². The van der Waals surface area contributed by atoms with E-state index in [-0.39, 0.29) is 24.0 Å². The van der Waals surface area contributed by atoms with Crippen molar-refractivity contribution in [1.29, 1.82) is 0 Å². The van der Waals surface area contributed by atoms with E-state index >= 15 is 0 Å². The Morgan fingerprint density at radius 2 is 1.74 bits per heavy atom. The molecule has 132 valence electrons. The molecule has 23 heavy (non-hydrogen) atoms. The number of methoxy groups -OCH3 is 3. The molecule has 0 aliphatic heterocycles. The number of guanidine groups is 1. The first-order chi connectivity index (χ1) is 10.7. The van der Waals surface area contributed by atoms with Crippen LogP contribution in [0.25, 0.3) is 0 Å². The van der Waals surface area contributed by atoms with Crippen molar-refractivity contribution >= 4 is 29.9 Å². The number of hydrogen-bond acceptors (Lipinski definition) is 4. The van der Waals surface area contributed by atoms with E-state index in [9.17, 15) is 0 Å². The molecule has 0 aromatic heterocycles. The number of ether oxygens (including phenoxy) is 3. The topological polar surface area (TPSA) is 64.1 Å². The number of benzene rings is 1. The van der Waals surface area contributed by atoms with Gasteiger partial charge in [0.15, 0.2) is 17.5 Å². The summed E-state index contributed by atoms with van der Waals surface area (Å²) in [7, 11) is 6.74. The fourth-order valence-electron chi connectivity index (χ4n) is 2.03. The lowest BCUT2D eigenvalue weighted by Gasteiger charge is -2.12. The zero-order valence-electron chi connectivity index (χ0n) is 14.3. The van der Waals surface area contributed by atoms with Crippen LogP contribution in [0.1, 0.15) is 12.0 Å². The second-order valence-electron chi connectivity index (χ2n) is 4.71. The summed E-state index contributed by atoms with van der Waals surface area (Å²) < 4.78 is 15.5. The third-order valence-corrected chi connectivity index (χ3v) is 3.20. The van der Waals surface area contributed by atoms with E-state index in [4.69, 9.17) is 14.2 Å². The molecule has 1 aromatic carbocycles. The minimum Gasteiger partial charge on any atom is -0.493 e. The smallest absolute Gasteiger partial charge is 0.191 e. The summed E-state index contributed by atoms with van der Waals surface area (Å²) in [6.45, 7) is 2.25. The van der Waals surface area contributed by atoms with Gasteiger partial charge in [-0.25, -0.2) is 0 Å². The van der Waals surface area contributed by atoms with Gasteiger partial charge in [0.2, 0.25) is 0 Å². The predicted octanol–water partition coefficient (Wildman–Crippen LogP) is 2.07. The molecule has 0 atom stereocenters. The number of rotatable bonds is 9. The fourth-order valence-corrected chi connectivity index (χ4v) is 2.03. The first-order valence-corrected chi connectivity index (χ1v) is 7.39. The summed E-state index contributed by atoms with van der Waals surface area (Å²) >= 11 is 0. The van der Waals surface area contributed by atoms with Crippen LogP contribution in [-0.2, 0) is 11.2 Å². The Kier molecular flexibility index (Phi) is 12.5. The van der Waals surface area contributed by atoms with Gasteiger partial charge in [-0.2, -0.15) is 0 Å². The van der Waals surface area contributed by atoms with E-state index in [1.165, 1.54) is 5.56 Å². The lowest BCUT2D eigenvalue weighted by Crippen LogP contribution is -2.39. The van der Waals surface area contributed by atoms with Gasteiger partial charge in [-0.15, -0.1) is 24.0 Å². The first kappa shape index (κ1) is 21.8. The number of nitrogens with zero attached hydrogens (tertiary/aromatic N) is 1. The summed E-state index contributed by atoms with van der Waals surface area (Å²) in [5, 5.41) is 6.46. The first-order valence-electron chi connectivity index (χ1n) is 7.39. The third-order valence-electron chi connectivity index (χ3n) is 3.20. The normalized spacial score (nSPS) is 10.7. The van der Waals surface area contributed by atoms with Gasteiger partial charge in [0.25, 0.3) is 0 Å². The molecule has 0 bridgehead atoms. The molecule has 0 fully saturated rings. The molecule has 0 radical (unpaired) electrons. The second kappa shape index (κ2) is 13.2. The molecule has 0 aliphatic rings. The van der Waals surface area contributed by atoms with Crippen LogP contribution in [-0.4, -0.2) is 54.0 Å². The Labute approximate surface area is 156 Å². The standard InChI is InChI=1S/C16H27N3O3.HI/c1-17-16(19-10-11-20-2)18-9-5-6-13-7-8-14(21-3)15(12-13)22-4;/h7-8,12H,5-6,9-11H2,1-4H3,(H2,17,18,19);1H. The second-order valence-corrected chi connectivity index (χ2v) is 4.71. The van der Waals surface area contributed by atoms with Crippen molar-refractivity contribution in [2.75, 3.05) is 48.1 Å². The molecule has 0 heterocycles. The fraction of sp³-hybridized carbons (Fsp3) is 0.562. The molecule has 0 aliphatic carbocycles. The molecule has 7 heteroatoms. The predicted molar refractivity (Wildman–Crippen MR) is 105 cm³/mol. The van der Waals surface area contributed by atoms with Crippen LogP contribution < -0.4 is 20.1 Å².